The Bertz CT molecular complexity index is 1150. The summed E-state index contributed by atoms with van der Waals surface area (Å²) in [5.74, 6) is 0.987. The molecule has 0 spiro atoms. The van der Waals surface area contributed by atoms with Crippen LogP contribution < -0.4 is 5.46 Å². The molecule has 0 unspecified atom stereocenters. The largest absolute Gasteiger partial charge is 0.495 e. The summed E-state index contributed by atoms with van der Waals surface area (Å²) in [6.07, 6.45) is 6.45. The van der Waals surface area contributed by atoms with Crippen molar-refractivity contribution in [3.8, 4) is 0 Å². The van der Waals surface area contributed by atoms with Crippen LogP contribution in [0.1, 0.15) is 97.4 Å². The third-order valence-electron chi connectivity index (χ3n) is 9.87. The van der Waals surface area contributed by atoms with E-state index in [1.807, 2.05) is 6.20 Å². The average molecular weight is 527 g/mol. The molecule has 1 aliphatic carbocycles. The highest BCUT2D eigenvalue weighted by atomic mass is 28.4. The van der Waals surface area contributed by atoms with Crippen LogP contribution in [-0.2, 0) is 18.5 Å². The first-order valence-corrected chi connectivity index (χ1v) is 17.2. The van der Waals surface area contributed by atoms with E-state index in [9.17, 15) is 0 Å². The average Bonchev–Trinajstić information content (AvgIpc) is 3.38. The zero-order chi connectivity index (χ0) is 27.0. The number of hydrogen-bond donors (Lipinski definition) is 0. The standard InChI is InChI=1S/C29H47BN2O4Si/c1-19-15-23-22(17-31-32(23)24-13-11-12-14-33-24)26(30-35-28(5,6)29(7,8)36-30)25(19)21-16-20(21)18-34-37(9,10)27(2,3)4/h15,17,20-21,24H,11-14,16,18H2,1-10H3/t20-,21-,24+/m0/s1. The first-order valence-electron chi connectivity index (χ1n) is 14.2. The molecule has 1 aromatic heterocycles. The summed E-state index contributed by atoms with van der Waals surface area (Å²) in [5.41, 5.74) is 4.14. The third kappa shape index (κ3) is 4.86. The number of aromatic nitrogens is 2. The van der Waals surface area contributed by atoms with Gasteiger partial charge in [0.15, 0.2) is 14.5 Å². The van der Waals surface area contributed by atoms with Gasteiger partial charge >= 0.3 is 7.12 Å². The molecule has 5 rings (SSSR count). The van der Waals surface area contributed by atoms with Gasteiger partial charge in [0.05, 0.1) is 22.9 Å². The Hall–Kier alpha value is -1.19. The Morgan fingerprint density at radius 2 is 1.81 bits per heavy atom. The van der Waals surface area contributed by atoms with Crippen molar-refractivity contribution in [3.63, 3.8) is 0 Å². The summed E-state index contributed by atoms with van der Waals surface area (Å²) in [7, 11) is -2.21. The zero-order valence-electron chi connectivity index (χ0n) is 24.7. The summed E-state index contributed by atoms with van der Waals surface area (Å²) < 4.78 is 28.2. The van der Waals surface area contributed by atoms with Crippen LogP contribution in [0.25, 0.3) is 10.9 Å². The molecule has 2 aromatic rings. The van der Waals surface area contributed by atoms with Crippen LogP contribution >= 0.6 is 0 Å². The van der Waals surface area contributed by atoms with Gasteiger partial charge in [0.2, 0.25) is 0 Å². The molecule has 3 atom stereocenters. The van der Waals surface area contributed by atoms with E-state index in [2.05, 4.69) is 79.2 Å². The highest BCUT2D eigenvalue weighted by molar-refractivity contribution is 6.74. The maximum absolute atomic E-state index is 6.67. The highest BCUT2D eigenvalue weighted by Gasteiger charge is 2.54. The predicted molar refractivity (Wildman–Crippen MR) is 153 cm³/mol. The minimum Gasteiger partial charge on any atom is -0.417 e. The van der Waals surface area contributed by atoms with E-state index in [-0.39, 0.29) is 11.3 Å². The quantitative estimate of drug-likeness (QED) is 0.404. The number of aryl methyl sites for hydroxylation is 1. The van der Waals surface area contributed by atoms with Gasteiger partial charge < -0.3 is 18.5 Å². The lowest BCUT2D eigenvalue weighted by molar-refractivity contribution is -0.0366. The SMILES string of the molecule is Cc1cc2c(cnn2[C@H]2CCCCO2)c(B2OC(C)(C)C(C)(C)O2)c1[C@H]1C[C@H]1CO[Si](C)(C)C(C)(C)C. The van der Waals surface area contributed by atoms with E-state index in [1.54, 1.807) is 0 Å². The first kappa shape index (κ1) is 27.4. The van der Waals surface area contributed by atoms with Crippen molar-refractivity contribution in [2.24, 2.45) is 5.92 Å². The molecule has 2 aliphatic heterocycles. The molecule has 0 radical (unpaired) electrons. The van der Waals surface area contributed by atoms with Crippen LogP contribution in [0.4, 0.5) is 0 Å². The van der Waals surface area contributed by atoms with Crippen molar-refractivity contribution < 1.29 is 18.5 Å². The molecule has 8 heteroatoms. The van der Waals surface area contributed by atoms with Gasteiger partial charge in [-0.15, -0.1) is 0 Å². The molecule has 3 heterocycles. The highest BCUT2D eigenvalue weighted by Crippen LogP contribution is 2.51. The number of hydrogen-bond acceptors (Lipinski definition) is 5. The third-order valence-corrected chi connectivity index (χ3v) is 14.4. The molecule has 1 saturated carbocycles. The molecule has 204 valence electrons. The second-order valence-electron chi connectivity index (χ2n) is 14.1. The lowest BCUT2D eigenvalue weighted by Crippen LogP contribution is -2.41. The minimum absolute atomic E-state index is 0.00527. The summed E-state index contributed by atoms with van der Waals surface area (Å²) in [5, 5.41) is 6.21. The van der Waals surface area contributed by atoms with E-state index in [4.69, 9.17) is 23.6 Å². The van der Waals surface area contributed by atoms with Crippen LogP contribution in [0.15, 0.2) is 12.3 Å². The predicted octanol–water partition coefficient (Wildman–Crippen LogP) is 6.47. The topological polar surface area (TPSA) is 54.7 Å². The number of benzene rings is 1. The maximum atomic E-state index is 6.67. The Morgan fingerprint density at radius 1 is 1.14 bits per heavy atom. The molecule has 3 aliphatic rings. The number of ether oxygens (including phenoxy) is 1. The monoisotopic (exact) mass is 526 g/mol. The molecule has 0 N–H and O–H groups in total. The molecule has 0 amide bonds. The first-order chi connectivity index (χ1) is 17.1. The smallest absolute Gasteiger partial charge is 0.417 e. The van der Waals surface area contributed by atoms with Crippen molar-refractivity contribution >= 4 is 31.8 Å². The van der Waals surface area contributed by atoms with Gasteiger partial charge in [0, 0.05) is 18.6 Å². The van der Waals surface area contributed by atoms with Gasteiger partial charge in [0.25, 0.3) is 0 Å². The maximum Gasteiger partial charge on any atom is 0.495 e. The van der Waals surface area contributed by atoms with Crippen LogP contribution in [0.5, 0.6) is 0 Å². The lowest BCUT2D eigenvalue weighted by Gasteiger charge is -2.36. The van der Waals surface area contributed by atoms with Gasteiger partial charge in [-0.25, -0.2) is 4.68 Å². The van der Waals surface area contributed by atoms with Gasteiger partial charge in [-0.3, -0.25) is 0 Å². The number of fused-ring (bicyclic) bond motifs is 1. The van der Waals surface area contributed by atoms with Crippen molar-refractivity contribution in [1.82, 2.24) is 9.78 Å². The fourth-order valence-electron chi connectivity index (χ4n) is 5.53. The van der Waals surface area contributed by atoms with Gasteiger partial charge in [-0.05, 0) is 113 Å². The van der Waals surface area contributed by atoms with Crippen LogP contribution in [0.3, 0.4) is 0 Å². The summed E-state index contributed by atoms with van der Waals surface area (Å²) in [6, 6.07) is 2.31. The van der Waals surface area contributed by atoms with Gasteiger partial charge in [0.1, 0.15) is 0 Å². The van der Waals surface area contributed by atoms with Crippen LogP contribution in [0, 0.1) is 12.8 Å². The normalized spacial score (nSPS) is 27.7. The van der Waals surface area contributed by atoms with Gasteiger partial charge in [-0.1, -0.05) is 20.8 Å². The fraction of sp³-hybridized carbons (Fsp3) is 0.759. The van der Waals surface area contributed by atoms with E-state index in [0.29, 0.717) is 11.8 Å². The van der Waals surface area contributed by atoms with E-state index < -0.39 is 26.6 Å². The molecule has 1 aromatic carbocycles. The zero-order valence-corrected chi connectivity index (χ0v) is 25.7. The lowest BCUT2D eigenvalue weighted by atomic mass is 9.71. The molecular formula is C29H47BN2O4Si. The van der Waals surface area contributed by atoms with Crippen LogP contribution in [-0.4, -0.2) is 49.6 Å². The van der Waals surface area contributed by atoms with E-state index in [1.165, 1.54) is 17.5 Å². The minimum atomic E-state index is -1.79. The Kier molecular flexibility index (Phi) is 6.80. The molecule has 2 saturated heterocycles. The molecule has 6 nitrogen and oxygen atoms in total. The van der Waals surface area contributed by atoms with Crippen molar-refractivity contribution in [1.29, 1.82) is 0 Å². The Balaban J connectivity index is 1.53. The summed E-state index contributed by atoms with van der Waals surface area (Å²) >= 11 is 0. The van der Waals surface area contributed by atoms with Gasteiger partial charge in [-0.2, -0.15) is 5.10 Å². The summed E-state index contributed by atoms with van der Waals surface area (Å²) in [6.45, 7) is 24.0. The van der Waals surface area contributed by atoms with Crippen LogP contribution in [0.2, 0.25) is 18.1 Å². The van der Waals surface area contributed by atoms with Crippen molar-refractivity contribution in [2.45, 2.75) is 123 Å². The molecule has 3 fully saturated rings. The van der Waals surface area contributed by atoms with Crippen molar-refractivity contribution in [2.75, 3.05) is 13.2 Å². The van der Waals surface area contributed by atoms with E-state index in [0.717, 1.165) is 48.8 Å². The second-order valence-corrected chi connectivity index (χ2v) is 18.9. The molecule has 37 heavy (non-hydrogen) atoms. The Morgan fingerprint density at radius 3 is 2.41 bits per heavy atom. The number of nitrogens with zero attached hydrogens (tertiary/aromatic N) is 2. The second kappa shape index (κ2) is 9.19. The fourth-order valence-corrected chi connectivity index (χ4v) is 6.60. The van der Waals surface area contributed by atoms with Crippen molar-refractivity contribution in [3.05, 3.63) is 23.4 Å². The molecular weight excluding hydrogens is 479 g/mol. The molecule has 0 bridgehead atoms. The Labute approximate surface area is 225 Å². The van der Waals surface area contributed by atoms with E-state index >= 15 is 0 Å². The summed E-state index contributed by atoms with van der Waals surface area (Å²) in [4.78, 5) is 0. The number of rotatable bonds is 6.